The molecule has 0 radical (unpaired) electrons. The van der Waals surface area contributed by atoms with Crippen LogP contribution in [0.3, 0.4) is 0 Å². The summed E-state index contributed by atoms with van der Waals surface area (Å²) in [6, 6.07) is 0. The first-order valence-electron chi connectivity index (χ1n) is 5.88. The van der Waals surface area contributed by atoms with Crippen molar-refractivity contribution in [3.63, 3.8) is 0 Å². The summed E-state index contributed by atoms with van der Waals surface area (Å²) in [4.78, 5) is 41.9. The molecule has 0 aliphatic heterocycles. The summed E-state index contributed by atoms with van der Waals surface area (Å²) in [5.74, 6) is 0.292. The summed E-state index contributed by atoms with van der Waals surface area (Å²) in [7, 11) is 0. The van der Waals surface area contributed by atoms with E-state index in [1.165, 1.54) is 0 Å². The van der Waals surface area contributed by atoms with Crippen LogP contribution in [0.2, 0.25) is 0 Å². The minimum atomic E-state index is -0.494. The summed E-state index contributed by atoms with van der Waals surface area (Å²) in [5.41, 5.74) is 0. The van der Waals surface area contributed by atoms with Crippen LogP contribution in [-0.2, 0) is 19.2 Å². The second-order valence-corrected chi connectivity index (χ2v) is 5.17. The Kier molecular flexibility index (Phi) is 10.9. The Bertz CT molecular complexity index is 325. The molecule has 0 atom stereocenters. The Labute approximate surface area is 136 Å². The van der Waals surface area contributed by atoms with Crippen LogP contribution in [0.5, 0.6) is 0 Å². The predicted octanol–water partition coefficient (Wildman–Crippen LogP) is 3.46. The Morgan fingerprint density at radius 2 is 1.11 bits per heavy atom. The van der Waals surface area contributed by atoms with Gasteiger partial charge in [0.15, 0.2) is 11.6 Å². The highest BCUT2D eigenvalue weighted by molar-refractivity contribution is 9.93. The van der Waals surface area contributed by atoms with Crippen molar-refractivity contribution >= 4 is 67.3 Å². The van der Waals surface area contributed by atoms with Gasteiger partial charge in [-0.25, -0.2) is 0 Å². The molecular formula is C12H15Br3O4. The number of carbonyl (C=O) groups is 4. The Morgan fingerprint density at radius 3 is 1.37 bits per heavy atom. The van der Waals surface area contributed by atoms with Crippen LogP contribution in [0, 0.1) is 0 Å². The van der Waals surface area contributed by atoms with Gasteiger partial charge in [0.2, 0.25) is 0 Å². The van der Waals surface area contributed by atoms with E-state index in [-0.39, 0.29) is 29.6 Å². The fourth-order valence-electron chi connectivity index (χ4n) is 1.75. The number of rotatable bonds is 0. The van der Waals surface area contributed by atoms with Gasteiger partial charge in [0.25, 0.3) is 0 Å². The SMILES string of the molecule is BrBr.O=C1CCCC(=O)C1.O=C1CCCC(=O)C1Br. The highest BCUT2D eigenvalue weighted by atomic mass is 80.9. The number of ketones is 4. The van der Waals surface area contributed by atoms with Crippen molar-refractivity contribution in [3.05, 3.63) is 0 Å². The molecule has 2 aliphatic carbocycles. The van der Waals surface area contributed by atoms with E-state index >= 15 is 0 Å². The number of carbonyl (C=O) groups excluding carboxylic acids is 4. The molecular weight excluding hydrogens is 448 g/mol. The fourth-order valence-corrected chi connectivity index (χ4v) is 2.21. The topological polar surface area (TPSA) is 68.3 Å². The van der Waals surface area contributed by atoms with E-state index in [9.17, 15) is 19.2 Å². The summed E-state index contributed by atoms with van der Waals surface area (Å²) in [5, 5.41) is 0. The van der Waals surface area contributed by atoms with Gasteiger partial charge < -0.3 is 0 Å². The molecule has 0 bridgehead atoms. The summed E-state index contributed by atoms with van der Waals surface area (Å²) >= 11 is 8.52. The van der Waals surface area contributed by atoms with E-state index in [0.29, 0.717) is 25.7 Å². The number of alkyl halides is 1. The first-order valence-corrected chi connectivity index (χ1v) is 10.5. The summed E-state index contributed by atoms with van der Waals surface area (Å²) in [6.07, 6.45) is 4.05. The highest BCUT2D eigenvalue weighted by Gasteiger charge is 2.26. The zero-order valence-corrected chi connectivity index (χ0v) is 15.1. The number of Topliss-reactive ketones (excluding diaryl/α,β-unsaturated/α-hetero) is 4. The first kappa shape index (κ1) is 19.1. The number of hydrogen-bond acceptors (Lipinski definition) is 4. The second-order valence-electron chi connectivity index (χ2n) is 4.26. The van der Waals surface area contributed by atoms with Crippen LogP contribution in [0.4, 0.5) is 0 Å². The largest absolute Gasteiger partial charge is 0.299 e. The third-order valence-corrected chi connectivity index (χ3v) is 3.74. The van der Waals surface area contributed by atoms with E-state index in [1.807, 2.05) is 0 Å². The molecule has 0 amide bonds. The van der Waals surface area contributed by atoms with Crippen molar-refractivity contribution in [2.75, 3.05) is 0 Å². The summed E-state index contributed by atoms with van der Waals surface area (Å²) < 4.78 is 0. The average Bonchev–Trinajstić information content (AvgIpc) is 2.39. The van der Waals surface area contributed by atoms with E-state index in [4.69, 9.17) is 0 Å². The van der Waals surface area contributed by atoms with Gasteiger partial charge in [0, 0.05) is 53.9 Å². The molecule has 108 valence electrons. The van der Waals surface area contributed by atoms with Crippen LogP contribution in [0.25, 0.3) is 0 Å². The molecule has 0 aromatic heterocycles. The van der Waals surface area contributed by atoms with Crippen molar-refractivity contribution in [3.8, 4) is 0 Å². The minimum absolute atomic E-state index is 0.0336. The molecule has 19 heavy (non-hydrogen) atoms. The lowest BCUT2D eigenvalue weighted by Gasteiger charge is -2.12. The van der Waals surface area contributed by atoms with Gasteiger partial charge in [0.05, 0.1) is 6.42 Å². The zero-order valence-electron chi connectivity index (χ0n) is 10.3. The third kappa shape index (κ3) is 8.09. The van der Waals surface area contributed by atoms with Crippen molar-refractivity contribution in [1.82, 2.24) is 0 Å². The standard InChI is InChI=1S/C6H7BrO2.C6H8O2.Br2/c7-6-4(8)2-1-3-5(6)9;7-5-2-1-3-6(8)4-5;1-2/h6H,1-3H2;1-4H2;. The molecule has 2 fully saturated rings. The monoisotopic (exact) mass is 460 g/mol. The van der Waals surface area contributed by atoms with Crippen LogP contribution < -0.4 is 0 Å². The molecule has 4 nitrogen and oxygen atoms in total. The molecule has 0 aromatic carbocycles. The van der Waals surface area contributed by atoms with Gasteiger partial charge in [-0.1, -0.05) is 15.9 Å². The summed E-state index contributed by atoms with van der Waals surface area (Å²) in [6.45, 7) is 0. The molecule has 2 saturated carbocycles. The zero-order chi connectivity index (χ0) is 14.8. The van der Waals surface area contributed by atoms with Gasteiger partial charge in [-0.05, 0) is 12.8 Å². The molecule has 7 heteroatoms. The van der Waals surface area contributed by atoms with Crippen molar-refractivity contribution in [1.29, 1.82) is 0 Å². The van der Waals surface area contributed by atoms with E-state index in [2.05, 4.69) is 44.2 Å². The van der Waals surface area contributed by atoms with E-state index in [0.717, 1.165) is 12.8 Å². The fraction of sp³-hybridized carbons (Fsp3) is 0.667. The molecule has 0 heterocycles. The van der Waals surface area contributed by atoms with Crippen molar-refractivity contribution in [2.45, 2.75) is 49.8 Å². The van der Waals surface area contributed by atoms with Gasteiger partial charge in [-0.15, -0.1) is 0 Å². The van der Waals surface area contributed by atoms with E-state index in [1.54, 1.807) is 0 Å². The molecule has 2 rings (SSSR count). The molecule has 0 spiro atoms. The maximum Gasteiger partial charge on any atom is 0.153 e. The lowest BCUT2D eigenvalue weighted by Crippen LogP contribution is -2.28. The van der Waals surface area contributed by atoms with Crippen LogP contribution in [0.1, 0.15) is 44.9 Å². The number of halogens is 3. The lowest BCUT2D eigenvalue weighted by atomic mass is 9.98. The Morgan fingerprint density at radius 1 is 0.737 bits per heavy atom. The second kappa shape index (κ2) is 10.9. The first-order chi connectivity index (χ1) is 9.00. The Hall–Kier alpha value is 0.120. The quantitative estimate of drug-likeness (QED) is 0.408. The molecule has 0 aromatic rings. The maximum absolute atomic E-state index is 10.7. The van der Waals surface area contributed by atoms with Crippen LogP contribution >= 0.6 is 44.2 Å². The normalized spacial score (nSPS) is 20.2. The molecule has 0 N–H and O–H groups in total. The van der Waals surface area contributed by atoms with Crippen molar-refractivity contribution < 1.29 is 19.2 Å². The lowest BCUT2D eigenvalue weighted by molar-refractivity contribution is -0.130. The van der Waals surface area contributed by atoms with Crippen LogP contribution in [0.15, 0.2) is 0 Å². The van der Waals surface area contributed by atoms with E-state index < -0.39 is 4.83 Å². The smallest absolute Gasteiger partial charge is 0.153 e. The van der Waals surface area contributed by atoms with Gasteiger partial charge in [0.1, 0.15) is 16.4 Å². The third-order valence-electron chi connectivity index (χ3n) is 2.72. The highest BCUT2D eigenvalue weighted by Crippen LogP contribution is 2.17. The molecule has 2 aliphatic rings. The minimum Gasteiger partial charge on any atom is -0.299 e. The maximum atomic E-state index is 10.7. The van der Waals surface area contributed by atoms with Crippen molar-refractivity contribution in [2.24, 2.45) is 0 Å². The average molecular weight is 463 g/mol. The van der Waals surface area contributed by atoms with Gasteiger partial charge in [-0.2, -0.15) is 0 Å². The predicted molar refractivity (Wildman–Crippen MR) is 82.9 cm³/mol. The molecule has 0 saturated heterocycles. The van der Waals surface area contributed by atoms with Crippen LogP contribution in [-0.4, -0.2) is 28.0 Å². The molecule has 0 unspecified atom stereocenters. The Balaban J connectivity index is 0.000000303. The van der Waals surface area contributed by atoms with Gasteiger partial charge in [-0.3, -0.25) is 19.2 Å². The van der Waals surface area contributed by atoms with Gasteiger partial charge >= 0.3 is 0 Å². The number of hydrogen-bond donors (Lipinski definition) is 0.